The normalized spacial score (nSPS) is 12.7. The summed E-state index contributed by atoms with van der Waals surface area (Å²) < 4.78 is 16.2. The van der Waals surface area contributed by atoms with E-state index < -0.39 is 11.6 Å². The molecule has 1 aromatic carbocycles. The zero-order chi connectivity index (χ0) is 17.4. The smallest absolute Gasteiger partial charge is 0.237 e. The maximum atomic E-state index is 12.9. The van der Waals surface area contributed by atoms with Gasteiger partial charge in [-0.3, -0.25) is 9.59 Å². The van der Waals surface area contributed by atoms with E-state index in [9.17, 15) is 9.59 Å². The molecule has 0 spiro atoms. The maximum absolute atomic E-state index is 12.9. The van der Waals surface area contributed by atoms with Crippen molar-refractivity contribution in [3.63, 3.8) is 0 Å². The Morgan fingerprint density at radius 2 is 1.44 bits per heavy atom. The van der Waals surface area contributed by atoms with E-state index in [1.807, 2.05) is 18.2 Å². The lowest BCUT2D eigenvalue weighted by molar-refractivity contribution is 0.0927. The molecule has 0 atom stereocenters. The highest BCUT2D eigenvalue weighted by Crippen LogP contribution is 2.39. The number of furan rings is 2. The maximum Gasteiger partial charge on any atom is 0.237 e. The summed E-state index contributed by atoms with van der Waals surface area (Å²) >= 11 is 0. The number of allylic oxidation sites excluding steroid dienone is 1. The van der Waals surface area contributed by atoms with Gasteiger partial charge in [0.2, 0.25) is 17.4 Å². The van der Waals surface area contributed by atoms with Gasteiger partial charge in [-0.15, -0.1) is 0 Å². The predicted molar refractivity (Wildman–Crippen MR) is 88.6 cm³/mol. The van der Waals surface area contributed by atoms with E-state index in [1.54, 1.807) is 30.1 Å². The van der Waals surface area contributed by atoms with E-state index in [0.717, 1.165) is 5.69 Å². The van der Waals surface area contributed by atoms with Crippen molar-refractivity contribution in [3.8, 4) is 5.75 Å². The molecule has 0 aliphatic carbocycles. The third-order valence-corrected chi connectivity index (χ3v) is 3.90. The minimum Gasteiger partial charge on any atom is -0.461 e. The zero-order valence-corrected chi connectivity index (χ0v) is 13.3. The van der Waals surface area contributed by atoms with Gasteiger partial charge in [0.25, 0.3) is 0 Å². The number of carbonyl (C=O) groups is 2. The molecule has 1 aliphatic heterocycles. The van der Waals surface area contributed by atoms with Crippen LogP contribution in [-0.4, -0.2) is 18.6 Å². The summed E-state index contributed by atoms with van der Waals surface area (Å²) in [5, 5.41) is 0. The van der Waals surface area contributed by atoms with E-state index in [4.69, 9.17) is 13.6 Å². The molecule has 0 bridgehead atoms. The standard InChI is InChI=1S/C19H13NO5/c1-20-12-6-2-3-7-13(12)25-19(20)16(17(21)14-8-4-10-23-14)18(22)15-9-5-11-24-15/h2-11H,1H3. The number of hydrogen-bond acceptors (Lipinski definition) is 6. The van der Waals surface area contributed by atoms with Gasteiger partial charge in [-0.25, -0.2) is 0 Å². The van der Waals surface area contributed by atoms with Crippen LogP contribution >= 0.6 is 0 Å². The quantitative estimate of drug-likeness (QED) is 0.313. The average Bonchev–Trinajstić information content (AvgIpc) is 3.37. The fourth-order valence-electron chi connectivity index (χ4n) is 2.68. The Morgan fingerprint density at radius 1 is 0.840 bits per heavy atom. The van der Waals surface area contributed by atoms with Gasteiger partial charge < -0.3 is 18.5 Å². The van der Waals surface area contributed by atoms with Gasteiger partial charge in [0.15, 0.2) is 17.3 Å². The second kappa shape index (κ2) is 5.83. The third-order valence-electron chi connectivity index (χ3n) is 3.90. The SMILES string of the molecule is CN1C(=C(C(=O)c2ccco2)C(=O)c2ccco2)Oc2ccccc21. The van der Waals surface area contributed by atoms with Crippen molar-refractivity contribution < 1.29 is 23.2 Å². The fraction of sp³-hybridized carbons (Fsp3) is 0.0526. The Bertz CT molecular complexity index is 919. The molecule has 3 aromatic rings. The Morgan fingerprint density at radius 3 is 1.96 bits per heavy atom. The number of para-hydroxylation sites is 2. The molecule has 0 fully saturated rings. The lowest BCUT2D eigenvalue weighted by atomic mass is 10.0. The fourth-order valence-corrected chi connectivity index (χ4v) is 2.68. The van der Waals surface area contributed by atoms with Gasteiger partial charge in [0.05, 0.1) is 18.2 Å². The highest BCUT2D eigenvalue weighted by molar-refractivity contribution is 6.30. The molecule has 124 valence electrons. The Balaban J connectivity index is 1.87. The second-order valence-electron chi connectivity index (χ2n) is 5.42. The van der Waals surface area contributed by atoms with Crippen LogP contribution in [0.4, 0.5) is 5.69 Å². The third kappa shape index (κ3) is 2.44. The molecule has 2 aromatic heterocycles. The molecular weight excluding hydrogens is 322 g/mol. The van der Waals surface area contributed by atoms with Crippen molar-refractivity contribution >= 4 is 17.3 Å². The van der Waals surface area contributed by atoms with E-state index >= 15 is 0 Å². The first-order chi connectivity index (χ1) is 12.2. The molecule has 4 rings (SSSR count). The van der Waals surface area contributed by atoms with Crippen LogP contribution in [0.5, 0.6) is 5.75 Å². The first-order valence-electron chi connectivity index (χ1n) is 7.58. The Hall–Kier alpha value is -3.54. The summed E-state index contributed by atoms with van der Waals surface area (Å²) in [6.07, 6.45) is 2.75. The predicted octanol–water partition coefficient (Wildman–Crippen LogP) is 3.68. The number of rotatable bonds is 4. The van der Waals surface area contributed by atoms with Gasteiger partial charge in [0, 0.05) is 7.05 Å². The van der Waals surface area contributed by atoms with E-state index in [-0.39, 0.29) is 23.0 Å². The first kappa shape index (κ1) is 15.0. The Labute approximate surface area is 142 Å². The number of carbonyl (C=O) groups excluding carboxylic acids is 2. The van der Waals surface area contributed by atoms with Crippen LogP contribution in [0, 0.1) is 0 Å². The number of benzene rings is 1. The summed E-state index contributed by atoms with van der Waals surface area (Å²) in [7, 11) is 1.73. The molecule has 0 saturated carbocycles. The van der Waals surface area contributed by atoms with Crippen LogP contribution in [0.25, 0.3) is 0 Å². The molecule has 3 heterocycles. The molecule has 0 saturated heterocycles. The van der Waals surface area contributed by atoms with Crippen LogP contribution < -0.4 is 9.64 Å². The summed E-state index contributed by atoms with van der Waals surface area (Å²) in [6, 6.07) is 13.4. The lowest BCUT2D eigenvalue weighted by Gasteiger charge is -2.14. The van der Waals surface area contributed by atoms with Crippen LogP contribution in [-0.2, 0) is 0 Å². The number of Topliss-reactive ketones (excluding diaryl/α,β-unsaturated/α-hetero) is 2. The highest BCUT2D eigenvalue weighted by Gasteiger charge is 2.35. The van der Waals surface area contributed by atoms with Crippen molar-refractivity contribution in [2.45, 2.75) is 0 Å². The van der Waals surface area contributed by atoms with Crippen molar-refractivity contribution in [1.82, 2.24) is 0 Å². The molecule has 6 nitrogen and oxygen atoms in total. The van der Waals surface area contributed by atoms with Crippen molar-refractivity contribution in [3.05, 3.63) is 84.0 Å². The molecule has 25 heavy (non-hydrogen) atoms. The molecule has 1 aliphatic rings. The summed E-state index contributed by atoms with van der Waals surface area (Å²) in [5.74, 6) is -0.325. The number of ketones is 2. The summed E-state index contributed by atoms with van der Waals surface area (Å²) in [4.78, 5) is 27.5. The number of fused-ring (bicyclic) bond motifs is 1. The molecular formula is C19H13NO5. The largest absolute Gasteiger partial charge is 0.461 e. The van der Waals surface area contributed by atoms with Crippen molar-refractivity contribution in [1.29, 1.82) is 0 Å². The Kier molecular flexibility index (Phi) is 3.50. The highest BCUT2D eigenvalue weighted by atomic mass is 16.5. The van der Waals surface area contributed by atoms with Gasteiger partial charge in [-0.05, 0) is 36.4 Å². The number of hydrogen-bond donors (Lipinski definition) is 0. The molecule has 6 heteroatoms. The second-order valence-corrected chi connectivity index (χ2v) is 5.42. The van der Waals surface area contributed by atoms with Crippen LogP contribution in [0.3, 0.4) is 0 Å². The van der Waals surface area contributed by atoms with Crippen molar-refractivity contribution in [2.24, 2.45) is 0 Å². The summed E-state index contributed by atoms with van der Waals surface area (Å²) in [6.45, 7) is 0. The topological polar surface area (TPSA) is 72.9 Å². The lowest BCUT2D eigenvalue weighted by Crippen LogP contribution is -2.24. The molecule has 0 N–H and O–H groups in total. The minimum atomic E-state index is -0.568. The minimum absolute atomic E-state index is 0.0513. The van der Waals surface area contributed by atoms with E-state index in [0.29, 0.717) is 5.75 Å². The number of ether oxygens (including phenoxy) is 1. The first-order valence-corrected chi connectivity index (χ1v) is 7.58. The average molecular weight is 335 g/mol. The van der Waals surface area contributed by atoms with E-state index in [2.05, 4.69) is 0 Å². The monoisotopic (exact) mass is 335 g/mol. The van der Waals surface area contributed by atoms with Gasteiger partial charge >= 0.3 is 0 Å². The molecule has 0 amide bonds. The van der Waals surface area contributed by atoms with Gasteiger partial charge in [0.1, 0.15) is 5.57 Å². The van der Waals surface area contributed by atoms with Crippen molar-refractivity contribution in [2.75, 3.05) is 11.9 Å². The zero-order valence-electron chi connectivity index (χ0n) is 13.3. The summed E-state index contributed by atoms with van der Waals surface area (Å²) in [5.41, 5.74) is 0.609. The van der Waals surface area contributed by atoms with Crippen LogP contribution in [0.1, 0.15) is 21.1 Å². The van der Waals surface area contributed by atoms with Gasteiger partial charge in [-0.2, -0.15) is 0 Å². The molecule has 0 unspecified atom stereocenters. The number of nitrogens with zero attached hydrogens (tertiary/aromatic N) is 1. The molecule has 0 radical (unpaired) electrons. The number of anilines is 1. The van der Waals surface area contributed by atoms with E-state index in [1.165, 1.54) is 24.7 Å². The van der Waals surface area contributed by atoms with Crippen LogP contribution in [0.15, 0.2) is 81.3 Å². The van der Waals surface area contributed by atoms with Crippen LogP contribution in [0.2, 0.25) is 0 Å². The van der Waals surface area contributed by atoms with Gasteiger partial charge in [-0.1, -0.05) is 12.1 Å².